The number of fused-ring (bicyclic) bond motifs is 1. The molecule has 3 rings (SSSR count). The lowest BCUT2D eigenvalue weighted by Crippen LogP contribution is -2.61. The van der Waals surface area contributed by atoms with E-state index >= 15 is 0 Å². The summed E-state index contributed by atoms with van der Waals surface area (Å²) in [6.07, 6.45) is 5.56. The predicted octanol–water partition coefficient (Wildman–Crippen LogP) is 0.188. The second kappa shape index (κ2) is 5.93. The number of nitrogens with zero attached hydrogens (tertiary/aromatic N) is 1. The number of likely N-dealkylation sites (tertiary alicyclic amines) is 1. The van der Waals surface area contributed by atoms with Crippen LogP contribution in [0.2, 0.25) is 0 Å². The summed E-state index contributed by atoms with van der Waals surface area (Å²) in [5.74, 6) is -0.117. The van der Waals surface area contributed by atoms with E-state index in [-0.39, 0.29) is 37.0 Å². The maximum Gasteiger partial charge on any atom is 0.246 e. The number of amides is 2. The number of carbonyl (C=O) groups is 2. The Hall–Kier alpha value is -1.14. The Bertz CT molecular complexity index is 420. The minimum Gasteiger partial charge on any atom is -0.389 e. The van der Waals surface area contributed by atoms with Crippen molar-refractivity contribution in [2.45, 2.75) is 62.7 Å². The molecule has 2 N–H and O–H groups in total. The molecule has 0 radical (unpaired) electrons. The van der Waals surface area contributed by atoms with Gasteiger partial charge < -0.3 is 20.1 Å². The topological polar surface area (TPSA) is 78.9 Å². The molecule has 0 bridgehead atoms. The van der Waals surface area contributed by atoms with Crippen molar-refractivity contribution in [3.8, 4) is 0 Å². The third-order valence-electron chi connectivity index (χ3n) is 4.94. The Kier molecular flexibility index (Phi) is 4.17. The quantitative estimate of drug-likeness (QED) is 0.762. The zero-order valence-corrected chi connectivity index (χ0v) is 12.3. The standard InChI is InChI=1S/C15H24N2O4/c18-13-10-21-12-4-7-17(9-11(12)16-13)14(19)8-15(20)5-2-1-3-6-15/h11-12,20H,1-10H2,(H,16,18)/t11-,12-/m0/s1. The van der Waals surface area contributed by atoms with Crippen LogP contribution in [0, 0.1) is 0 Å². The molecule has 118 valence electrons. The average Bonchev–Trinajstić information content (AvgIpc) is 2.46. The molecular formula is C15H24N2O4. The fourth-order valence-corrected chi connectivity index (χ4v) is 3.71. The zero-order chi connectivity index (χ0) is 14.9. The van der Waals surface area contributed by atoms with Crippen molar-refractivity contribution in [3.05, 3.63) is 0 Å². The highest BCUT2D eigenvalue weighted by atomic mass is 16.5. The van der Waals surface area contributed by atoms with Gasteiger partial charge in [-0.1, -0.05) is 19.3 Å². The molecule has 2 amide bonds. The molecule has 6 nitrogen and oxygen atoms in total. The molecule has 2 aliphatic heterocycles. The summed E-state index contributed by atoms with van der Waals surface area (Å²) in [4.78, 5) is 25.6. The summed E-state index contributed by atoms with van der Waals surface area (Å²) in [6.45, 7) is 1.26. The first-order valence-electron chi connectivity index (χ1n) is 7.97. The molecule has 0 aromatic rings. The molecule has 1 aliphatic carbocycles. The summed E-state index contributed by atoms with van der Waals surface area (Å²) in [6, 6.07) is -0.107. The highest BCUT2D eigenvalue weighted by molar-refractivity contribution is 5.79. The lowest BCUT2D eigenvalue weighted by molar-refractivity contribution is -0.149. The molecule has 1 saturated carbocycles. The van der Waals surface area contributed by atoms with Crippen LogP contribution in [-0.4, -0.2) is 59.3 Å². The van der Waals surface area contributed by atoms with Crippen LogP contribution in [0.4, 0.5) is 0 Å². The van der Waals surface area contributed by atoms with Gasteiger partial charge in [0.05, 0.1) is 24.2 Å². The van der Waals surface area contributed by atoms with Gasteiger partial charge in [-0.25, -0.2) is 0 Å². The van der Waals surface area contributed by atoms with Gasteiger partial charge in [0.1, 0.15) is 6.61 Å². The van der Waals surface area contributed by atoms with Crippen molar-refractivity contribution < 1.29 is 19.4 Å². The van der Waals surface area contributed by atoms with Crippen LogP contribution in [0.15, 0.2) is 0 Å². The largest absolute Gasteiger partial charge is 0.389 e. The average molecular weight is 296 g/mol. The van der Waals surface area contributed by atoms with Crippen LogP contribution in [0.1, 0.15) is 44.9 Å². The second-order valence-electron chi connectivity index (χ2n) is 6.61. The third-order valence-corrected chi connectivity index (χ3v) is 4.94. The molecule has 2 saturated heterocycles. The van der Waals surface area contributed by atoms with E-state index in [1.54, 1.807) is 4.90 Å². The molecule has 21 heavy (non-hydrogen) atoms. The lowest BCUT2D eigenvalue weighted by atomic mass is 9.82. The number of aliphatic hydroxyl groups is 1. The number of carbonyl (C=O) groups excluding carboxylic acids is 2. The van der Waals surface area contributed by atoms with Crippen molar-refractivity contribution in [2.24, 2.45) is 0 Å². The Morgan fingerprint density at radius 1 is 1.38 bits per heavy atom. The van der Waals surface area contributed by atoms with Crippen LogP contribution in [0.5, 0.6) is 0 Å². The first-order valence-corrected chi connectivity index (χ1v) is 7.97. The molecule has 0 unspecified atom stereocenters. The smallest absolute Gasteiger partial charge is 0.246 e. The highest BCUT2D eigenvalue weighted by Gasteiger charge is 2.39. The molecule has 0 spiro atoms. The number of hydrogen-bond acceptors (Lipinski definition) is 4. The van der Waals surface area contributed by atoms with Crippen molar-refractivity contribution in [1.29, 1.82) is 0 Å². The van der Waals surface area contributed by atoms with Crippen molar-refractivity contribution in [2.75, 3.05) is 19.7 Å². The van der Waals surface area contributed by atoms with Gasteiger partial charge in [-0.3, -0.25) is 9.59 Å². The van der Waals surface area contributed by atoms with Gasteiger partial charge in [-0.05, 0) is 19.3 Å². The molecule has 2 heterocycles. The highest BCUT2D eigenvalue weighted by Crippen LogP contribution is 2.31. The molecule has 0 aromatic carbocycles. The second-order valence-corrected chi connectivity index (χ2v) is 6.61. The minimum absolute atomic E-state index is 0.00216. The first-order chi connectivity index (χ1) is 10.1. The van der Waals surface area contributed by atoms with E-state index in [0.717, 1.165) is 38.5 Å². The summed E-state index contributed by atoms with van der Waals surface area (Å²) in [5, 5.41) is 13.4. The van der Waals surface area contributed by atoms with E-state index in [1.807, 2.05) is 0 Å². The Labute approximate surface area is 124 Å². The van der Waals surface area contributed by atoms with Crippen LogP contribution in [0.25, 0.3) is 0 Å². The van der Waals surface area contributed by atoms with Gasteiger partial charge in [0.15, 0.2) is 0 Å². The lowest BCUT2D eigenvalue weighted by Gasteiger charge is -2.42. The maximum atomic E-state index is 12.4. The van der Waals surface area contributed by atoms with Crippen molar-refractivity contribution >= 4 is 11.8 Å². The fraction of sp³-hybridized carbons (Fsp3) is 0.867. The van der Waals surface area contributed by atoms with Crippen LogP contribution in [0.3, 0.4) is 0 Å². The SMILES string of the molecule is O=C1CO[C@H]2CCN(C(=O)CC3(O)CCCCC3)C[C@@H]2N1. The van der Waals surface area contributed by atoms with Gasteiger partial charge >= 0.3 is 0 Å². The number of ether oxygens (including phenoxy) is 1. The normalized spacial score (nSPS) is 32.2. The summed E-state index contributed by atoms with van der Waals surface area (Å²) >= 11 is 0. The molecule has 6 heteroatoms. The number of nitrogens with one attached hydrogen (secondary N) is 1. The fourth-order valence-electron chi connectivity index (χ4n) is 3.71. The van der Waals surface area contributed by atoms with E-state index < -0.39 is 5.60 Å². The van der Waals surface area contributed by atoms with E-state index in [9.17, 15) is 14.7 Å². The molecular weight excluding hydrogens is 272 g/mol. The Morgan fingerprint density at radius 3 is 2.90 bits per heavy atom. The van der Waals surface area contributed by atoms with Gasteiger partial charge in [0.25, 0.3) is 0 Å². The number of piperidine rings is 1. The first kappa shape index (κ1) is 14.8. The summed E-state index contributed by atoms with van der Waals surface area (Å²) in [5.41, 5.74) is -0.821. The third kappa shape index (κ3) is 3.37. The Balaban J connectivity index is 1.56. The van der Waals surface area contributed by atoms with Crippen LogP contribution in [-0.2, 0) is 14.3 Å². The van der Waals surface area contributed by atoms with Gasteiger partial charge in [-0.2, -0.15) is 0 Å². The Morgan fingerprint density at radius 2 is 2.14 bits per heavy atom. The van der Waals surface area contributed by atoms with E-state index in [1.165, 1.54) is 0 Å². The van der Waals surface area contributed by atoms with Gasteiger partial charge in [0.2, 0.25) is 11.8 Å². The van der Waals surface area contributed by atoms with Gasteiger partial charge in [0, 0.05) is 13.1 Å². The monoisotopic (exact) mass is 296 g/mol. The summed E-state index contributed by atoms with van der Waals surface area (Å²) in [7, 11) is 0. The minimum atomic E-state index is -0.821. The number of morpholine rings is 1. The van der Waals surface area contributed by atoms with Crippen LogP contribution >= 0.6 is 0 Å². The number of hydrogen-bond donors (Lipinski definition) is 2. The molecule has 3 fully saturated rings. The zero-order valence-electron chi connectivity index (χ0n) is 12.3. The van der Waals surface area contributed by atoms with E-state index in [0.29, 0.717) is 13.1 Å². The van der Waals surface area contributed by atoms with Crippen molar-refractivity contribution in [3.63, 3.8) is 0 Å². The maximum absolute atomic E-state index is 12.4. The molecule has 2 atom stereocenters. The molecule has 3 aliphatic rings. The van der Waals surface area contributed by atoms with E-state index in [4.69, 9.17) is 4.74 Å². The van der Waals surface area contributed by atoms with E-state index in [2.05, 4.69) is 5.32 Å². The number of rotatable bonds is 2. The predicted molar refractivity (Wildman–Crippen MR) is 75.5 cm³/mol. The molecule has 0 aromatic heterocycles. The van der Waals surface area contributed by atoms with Crippen LogP contribution < -0.4 is 5.32 Å². The van der Waals surface area contributed by atoms with Gasteiger partial charge in [-0.15, -0.1) is 0 Å². The summed E-state index contributed by atoms with van der Waals surface area (Å²) < 4.78 is 5.49. The van der Waals surface area contributed by atoms with Crippen molar-refractivity contribution in [1.82, 2.24) is 10.2 Å².